The van der Waals surface area contributed by atoms with Crippen LogP contribution in [0.5, 0.6) is 0 Å². The number of nitrogens with zero attached hydrogens (tertiary/aromatic N) is 3. The Morgan fingerprint density at radius 1 is 1.38 bits per heavy atom. The lowest BCUT2D eigenvalue weighted by molar-refractivity contribution is 0.0898. The number of hydrogen-bond donors (Lipinski definition) is 2. The van der Waals surface area contributed by atoms with E-state index in [4.69, 9.17) is 5.73 Å². The Labute approximate surface area is 155 Å². The molecule has 24 heavy (non-hydrogen) atoms. The van der Waals surface area contributed by atoms with Gasteiger partial charge in [-0.1, -0.05) is 19.9 Å². The molecule has 1 aromatic heterocycles. The molecule has 2 rings (SSSR count). The maximum atomic E-state index is 12.5. The van der Waals surface area contributed by atoms with Crippen molar-refractivity contribution in [1.29, 1.82) is 0 Å². The molecule has 0 aliphatic heterocycles. The summed E-state index contributed by atoms with van der Waals surface area (Å²) in [6, 6.07) is 7.27. The number of amides is 1. The van der Waals surface area contributed by atoms with Gasteiger partial charge in [0.15, 0.2) is 0 Å². The lowest BCUT2D eigenvalue weighted by atomic mass is 9.90. The van der Waals surface area contributed by atoms with Crippen LogP contribution in [0.4, 0.5) is 0 Å². The summed E-state index contributed by atoms with van der Waals surface area (Å²) in [4.78, 5) is 16.4. The van der Waals surface area contributed by atoms with Gasteiger partial charge < -0.3 is 11.1 Å². The van der Waals surface area contributed by atoms with Gasteiger partial charge in [-0.3, -0.25) is 4.79 Å². The molecule has 1 aromatic carbocycles. The van der Waals surface area contributed by atoms with Crippen LogP contribution in [0.1, 0.15) is 37.6 Å². The van der Waals surface area contributed by atoms with Gasteiger partial charge in [0, 0.05) is 17.6 Å². The summed E-state index contributed by atoms with van der Waals surface area (Å²) in [6.07, 6.45) is 3.89. The lowest BCUT2D eigenvalue weighted by Crippen LogP contribution is -2.52. The molecule has 0 spiro atoms. The summed E-state index contributed by atoms with van der Waals surface area (Å²) in [5, 5.41) is 7.12. The number of carbonyl (C=O) groups is 1. The predicted molar refractivity (Wildman–Crippen MR) is 100 cm³/mol. The van der Waals surface area contributed by atoms with E-state index in [1.807, 2.05) is 19.1 Å². The van der Waals surface area contributed by atoms with Crippen LogP contribution >= 0.6 is 24.8 Å². The van der Waals surface area contributed by atoms with Gasteiger partial charge >= 0.3 is 0 Å². The van der Waals surface area contributed by atoms with E-state index in [1.165, 1.54) is 6.33 Å². The smallest absolute Gasteiger partial charge is 0.251 e. The first-order chi connectivity index (χ1) is 10.4. The maximum absolute atomic E-state index is 12.5. The van der Waals surface area contributed by atoms with E-state index in [0.29, 0.717) is 18.0 Å². The van der Waals surface area contributed by atoms with Crippen LogP contribution in [0, 0.1) is 5.92 Å². The van der Waals surface area contributed by atoms with Crippen molar-refractivity contribution in [3.05, 3.63) is 42.5 Å². The highest BCUT2D eigenvalue weighted by Crippen LogP contribution is 2.17. The topological polar surface area (TPSA) is 85.8 Å². The second-order valence-electron chi connectivity index (χ2n) is 6.21. The fourth-order valence-electron chi connectivity index (χ4n) is 2.56. The minimum absolute atomic E-state index is 0. The van der Waals surface area contributed by atoms with Crippen LogP contribution in [0.3, 0.4) is 0 Å². The van der Waals surface area contributed by atoms with Gasteiger partial charge in [0.2, 0.25) is 0 Å². The van der Waals surface area contributed by atoms with E-state index in [9.17, 15) is 4.79 Å². The highest BCUT2D eigenvalue weighted by Gasteiger charge is 2.26. The first-order valence-corrected chi connectivity index (χ1v) is 7.41. The molecule has 1 heterocycles. The van der Waals surface area contributed by atoms with Crippen molar-refractivity contribution in [2.24, 2.45) is 11.7 Å². The number of carbonyl (C=O) groups excluding carboxylic acids is 1. The average Bonchev–Trinajstić information content (AvgIpc) is 3.00. The molecule has 0 aliphatic rings. The second-order valence-corrected chi connectivity index (χ2v) is 6.21. The zero-order valence-electron chi connectivity index (χ0n) is 14.1. The van der Waals surface area contributed by atoms with Gasteiger partial charge in [-0.15, -0.1) is 24.8 Å². The molecule has 3 N–H and O–H groups in total. The molecule has 0 radical (unpaired) electrons. The normalized spacial score (nSPS) is 12.7. The molecule has 6 nitrogen and oxygen atoms in total. The van der Waals surface area contributed by atoms with E-state index in [-0.39, 0.29) is 30.7 Å². The van der Waals surface area contributed by atoms with Gasteiger partial charge in [0.1, 0.15) is 12.7 Å². The third kappa shape index (κ3) is 5.78. The highest BCUT2D eigenvalue weighted by molar-refractivity contribution is 5.95. The summed E-state index contributed by atoms with van der Waals surface area (Å²) < 4.78 is 1.62. The number of nitrogens with one attached hydrogen (secondary N) is 1. The molecular formula is C16H25Cl2N5O. The fraction of sp³-hybridized carbons (Fsp3) is 0.438. The summed E-state index contributed by atoms with van der Waals surface area (Å²) in [5.74, 6) is 0.325. The minimum atomic E-state index is -0.408. The molecule has 8 heteroatoms. The molecule has 1 atom stereocenters. The number of rotatable bonds is 6. The van der Waals surface area contributed by atoms with Gasteiger partial charge in [0.05, 0.1) is 5.69 Å². The van der Waals surface area contributed by atoms with E-state index >= 15 is 0 Å². The van der Waals surface area contributed by atoms with Gasteiger partial charge in [0.25, 0.3) is 5.91 Å². The van der Waals surface area contributed by atoms with Gasteiger partial charge in [-0.2, -0.15) is 5.10 Å². The monoisotopic (exact) mass is 373 g/mol. The molecule has 0 saturated carbocycles. The maximum Gasteiger partial charge on any atom is 0.251 e. The van der Waals surface area contributed by atoms with Crippen molar-refractivity contribution < 1.29 is 4.79 Å². The number of benzene rings is 1. The van der Waals surface area contributed by atoms with Crippen LogP contribution in [-0.4, -0.2) is 32.8 Å². The van der Waals surface area contributed by atoms with Gasteiger partial charge in [-0.05, 0) is 37.5 Å². The van der Waals surface area contributed by atoms with Crippen molar-refractivity contribution in [3.63, 3.8) is 0 Å². The van der Waals surface area contributed by atoms with Crippen LogP contribution in [0.15, 0.2) is 36.9 Å². The Hall–Kier alpha value is -1.63. The highest BCUT2D eigenvalue weighted by atomic mass is 35.5. The van der Waals surface area contributed by atoms with Gasteiger partial charge in [-0.25, -0.2) is 9.67 Å². The minimum Gasteiger partial charge on any atom is -0.346 e. The fourth-order valence-corrected chi connectivity index (χ4v) is 2.56. The van der Waals surface area contributed by atoms with Crippen molar-refractivity contribution in [1.82, 2.24) is 20.1 Å². The molecule has 1 amide bonds. The van der Waals surface area contributed by atoms with Crippen LogP contribution in [0.2, 0.25) is 0 Å². The van der Waals surface area contributed by atoms with E-state index in [2.05, 4.69) is 29.2 Å². The number of halogens is 2. The number of nitrogens with two attached hydrogens (primary N) is 1. The standard InChI is InChI=1S/C16H23N5O.2ClH/c1-12(2)8-16(3,9-17)20-15(22)13-5-4-6-14(7-13)21-11-18-10-19-21;;/h4-7,10-12H,8-9,17H2,1-3H3,(H,20,22);2*1H. The molecule has 0 saturated heterocycles. The van der Waals surface area contributed by atoms with Crippen molar-refractivity contribution in [2.45, 2.75) is 32.7 Å². The summed E-state index contributed by atoms with van der Waals surface area (Å²) in [6.45, 7) is 6.61. The largest absolute Gasteiger partial charge is 0.346 e. The molecular weight excluding hydrogens is 349 g/mol. The Morgan fingerprint density at radius 2 is 2.08 bits per heavy atom. The second kappa shape index (κ2) is 9.61. The Kier molecular flexibility index (Phi) is 8.96. The molecule has 0 fully saturated rings. The lowest BCUT2D eigenvalue weighted by Gasteiger charge is -2.31. The quantitative estimate of drug-likeness (QED) is 0.814. The molecule has 0 aliphatic carbocycles. The van der Waals surface area contributed by atoms with Crippen molar-refractivity contribution in [3.8, 4) is 5.69 Å². The summed E-state index contributed by atoms with van der Waals surface area (Å²) in [7, 11) is 0. The Morgan fingerprint density at radius 3 is 2.62 bits per heavy atom. The first kappa shape index (κ1) is 22.4. The molecule has 1 unspecified atom stereocenters. The first-order valence-electron chi connectivity index (χ1n) is 7.41. The van der Waals surface area contributed by atoms with Crippen LogP contribution < -0.4 is 11.1 Å². The SMILES string of the molecule is CC(C)CC(C)(CN)NC(=O)c1cccc(-n2cncn2)c1.Cl.Cl. The average molecular weight is 374 g/mol. The van der Waals surface area contributed by atoms with Crippen LogP contribution in [-0.2, 0) is 0 Å². The molecule has 2 aromatic rings. The zero-order chi connectivity index (χ0) is 16.2. The third-order valence-corrected chi connectivity index (χ3v) is 3.52. The van der Waals surface area contributed by atoms with Crippen molar-refractivity contribution in [2.75, 3.05) is 6.54 Å². The number of aromatic nitrogens is 3. The molecule has 134 valence electrons. The Bertz CT molecular complexity index is 633. The summed E-state index contributed by atoms with van der Waals surface area (Å²) >= 11 is 0. The summed E-state index contributed by atoms with van der Waals surface area (Å²) in [5.41, 5.74) is 6.82. The van der Waals surface area contributed by atoms with E-state index in [0.717, 1.165) is 12.1 Å². The Balaban J connectivity index is 0.00000264. The zero-order valence-corrected chi connectivity index (χ0v) is 15.7. The molecule has 0 bridgehead atoms. The predicted octanol–water partition coefficient (Wildman–Crippen LogP) is 2.60. The van der Waals surface area contributed by atoms with Crippen LogP contribution in [0.25, 0.3) is 5.69 Å². The third-order valence-electron chi connectivity index (χ3n) is 3.52. The number of hydrogen-bond acceptors (Lipinski definition) is 4. The van der Waals surface area contributed by atoms with E-state index < -0.39 is 5.54 Å². The van der Waals surface area contributed by atoms with Crippen molar-refractivity contribution >= 4 is 30.7 Å². The van der Waals surface area contributed by atoms with E-state index in [1.54, 1.807) is 23.1 Å².